The highest BCUT2D eigenvalue weighted by molar-refractivity contribution is 5.55. The van der Waals surface area contributed by atoms with Crippen molar-refractivity contribution in [3.63, 3.8) is 0 Å². The maximum atomic E-state index is 10.8. The first-order chi connectivity index (χ1) is 8.08. The third-order valence-electron chi connectivity index (χ3n) is 2.72. The normalized spacial score (nSPS) is 13.8. The zero-order chi connectivity index (χ0) is 12.8. The van der Waals surface area contributed by atoms with E-state index in [1.807, 2.05) is 0 Å². The molecule has 5 nitrogen and oxygen atoms in total. The molecule has 0 saturated heterocycles. The minimum atomic E-state index is -0.419. The molecule has 92 valence electrons. The lowest BCUT2D eigenvalue weighted by Crippen LogP contribution is -2.20. The molecule has 0 amide bonds. The molecule has 0 fully saturated rings. The summed E-state index contributed by atoms with van der Waals surface area (Å²) in [7, 11) is 1.53. The zero-order valence-corrected chi connectivity index (χ0v) is 9.83. The van der Waals surface area contributed by atoms with Gasteiger partial charge in [-0.3, -0.25) is 10.1 Å². The molecule has 0 N–H and O–H groups in total. The van der Waals surface area contributed by atoms with Crippen molar-refractivity contribution in [1.29, 1.82) is 0 Å². The molecule has 0 aromatic heterocycles. The number of hydrogen-bond acceptors (Lipinski definition) is 4. The summed E-state index contributed by atoms with van der Waals surface area (Å²) in [5.74, 6) is -0.181. The van der Waals surface area contributed by atoms with Crippen molar-refractivity contribution in [1.82, 2.24) is 0 Å². The number of aldehydes is 1. The van der Waals surface area contributed by atoms with E-state index >= 15 is 0 Å². The van der Waals surface area contributed by atoms with Crippen LogP contribution in [0.1, 0.15) is 18.4 Å². The number of carbonyl (C=O) groups excluding carboxylic acids is 1. The van der Waals surface area contributed by atoms with Crippen molar-refractivity contribution in [3.8, 4) is 5.75 Å². The minimum absolute atomic E-state index is 0.257. The van der Waals surface area contributed by atoms with Crippen molar-refractivity contribution >= 4 is 6.29 Å². The van der Waals surface area contributed by atoms with Gasteiger partial charge in [-0.05, 0) is 17.7 Å². The highest BCUT2D eigenvalue weighted by Gasteiger charge is 2.24. The molecule has 0 radical (unpaired) electrons. The van der Waals surface area contributed by atoms with Gasteiger partial charge < -0.3 is 9.53 Å². The third kappa shape index (κ3) is 3.55. The average Bonchev–Trinajstić information content (AvgIpc) is 2.35. The molecule has 0 aliphatic rings. The second-order valence-electron chi connectivity index (χ2n) is 3.89. The van der Waals surface area contributed by atoms with Crippen LogP contribution in [0, 0.1) is 16.0 Å². The Morgan fingerprint density at radius 3 is 2.76 bits per heavy atom. The molecule has 5 heteroatoms. The largest absolute Gasteiger partial charge is 0.497 e. The van der Waals surface area contributed by atoms with E-state index in [-0.39, 0.29) is 6.54 Å². The Bertz CT molecular complexity index is 405. The Morgan fingerprint density at radius 2 is 2.24 bits per heavy atom. The van der Waals surface area contributed by atoms with E-state index in [9.17, 15) is 14.9 Å². The van der Waals surface area contributed by atoms with Crippen LogP contribution in [-0.4, -0.2) is 24.9 Å². The van der Waals surface area contributed by atoms with Gasteiger partial charge in [0, 0.05) is 10.8 Å². The Kier molecular flexibility index (Phi) is 4.63. The summed E-state index contributed by atoms with van der Waals surface area (Å²) < 4.78 is 5.07. The molecule has 17 heavy (non-hydrogen) atoms. The molecule has 0 spiro atoms. The number of benzene rings is 1. The highest BCUT2D eigenvalue weighted by atomic mass is 16.6. The first-order valence-corrected chi connectivity index (χ1v) is 5.29. The molecule has 0 saturated carbocycles. The zero-order valence-electron chi connectivity index (χ0n) is 9.83. The van der Waals surface area contributed by atoms with Gasteiger partial charge in [0.15, 0.2) is 0 Å². The van der Waals surface area contributed by atoms with Gasteiger partial charge in [0.1, 0.15) is 12.0 Å². The van der Waals surface area contributed by atoms with Gasteiger partial charge in [-0.15, -0.1) is 0 Å². The van der Waals surface area contributed by atoms with Crippen LogP contribution >= 0.6 is 0 Å². The lowest BCUT2D eigenvalue weighted by Gasteiger charge is -2.16. The molecule has 0 aliphatic heterocycles. The SMILES string of the molecule is COc1cccc([C@H](C[N+](=O)[O-])[C@@H](C)C=O)c1. The molecule has 0 aliphatic carbocycles. The predicted octanol–water partition coefficient (Wildman–Crippen LogP) is 1.89. The summed E-state index contributed by atoms with van der Waals surface area (Å²) in [6.45, 7) is 1.42. The molecular weight excluding hydrogens is 222 g/mol. The van der Waals surface area contributed by atoms with Crippen LogP contribution in [-0.2, 0) is 4.79 Å². The molecule has 1 aromatic carbocycles. The Labute approximate surface area is 99.5 Å². The fraction of sp³-hybridized carbons (Fsp3) is 0.417. The van der Waals surface area contributed by atoms with Crippen LogP contribution in [0.15, 0.2) is 24.3 Å². The molecular formula is C12H15NO4. The number of rotatable bonds is 6. The van der Waals surface area contributed by atoms with Gasteiger partial charge in [0.2, 0.25) is 6.54 Å². The molecule has 1 rings (SSSR count). The number of nitro groups is 1. The van der Waals surface area contributed by atoms with Gasteiger partial charge in [0.05, 0.1) is 13.0 Å². The van der Waals surface area contributed by atoms with Crippen molar-refractivity contribution in [3.05, 3.63) is 39.9 Å². The predicted molar refractivity (Wildman–Crippen MR) is 62.8 cm³/mol. The van der Waals surface area contributed by atoms with Crippen molar-refractivity contribution < 1.29 is 14.5 Å². The van der Waals surface area contributed by atoms with E-state index in [0.717, 1.165) is 11.8 Å². The maximum Gasteiger partial charge on any atom is 0.211 e. The van der Waals surface area contributed by atoms with Crippen LogP contribution in [0.3, 0.4) is 0 Å². The van der Waals surface area contributed by atoms with Gasteiger partial charge >= 0.3 is 0 Å². The Balaban J connectivity index is 3.02. The second-order valence-corrected chi connectivity index (χ2v) is 3.89. The second kappa shape index (κ2) is 5.98. The topological polar surface area (TPSA) is 69.4 Å². The van der Waals surface area contributed by atoms with E-state index in [0.29, 0.717) is 5.75 Å². The Hall–Kier alpha value is -1.91. The first kappa shape index (κ1) is 13.2. The third-order valence-corrected chi connectivity index (χ3v) is 2.72. The van der Waals surface area contributed by atoms with Crippen LogP contribution in [0.5, 0.6) is 5.75 Å². The summed E-state index contributed by atoms with van der Waals surface area (Å²) in [5.41, 5.74) is 0.751. The number of methoxy groups -OCH3 is 1. The van der Waals surface area contributed by atoms with Gasteiger partial charge in [-0.1, -0.05) is 19.1 Å². The van der Waals surface area contributed by atoms with E-state index in [1.165, 1.54) is 7.11 Å². The minimum Gasteiger partial charge on any atom is -0.497 e. The summed E-state index contributed by atoms with van der Waals surface area (Å²) in [6, 6.07) is 7.03. The Morgan fingerprint density at radius 1 is 1.53 bits per heavy atom. The van der Waals surface area contributed by atoms with Crippen LogP contribution in [0.4, 0.5) is 0 Å². The smallest absolute Gasteiger partial charge is 0.211 e. The van der Waals surface area contributed by atoms with E-state index in [4.69, 9.17) is 4.74 Å². The number of carbonyl (C=O) groups is 1. The quantitative estimate of drug-likeness (QED) is 0.430. The lowest BCUT2D eigenvalue weighted by atomic mass is 9.88. The summed E-state index contributed by atoms with van der Waals surface area (Å²) in [6.07, 6.45) is 0.744. The summed E-state index contributed by atoms with van der Waals surface area (Å²) in [4.78, 5) is 21.0. The highest BCUT2D eigenvalue weighted by Crippen LogP contribution is 2.26. The van der Waals surface area contributed by atoms with Crippen LogP contribution in [0.2, 0.25) is 0 Å². The summed E-state index contributed by atoms with van der Waals surface area (Å²) in [5, 5.41) is 10.6. The van der Waals surface area contributed by atoms with Gasteiger partial charge in [-0.25, -0.2) is 0 Å². The number of nitrogens with zero attached hydrogens (tertiary/aromatic N) is 1. The number of hydrogen-bond donors (Lipinski definition) is 0. The average molecular weight is 237 g/mol. The standard InChI is InChI=1S/C12H15NO4/c1-9(8-14)12(7-13(15)16)10-4-3-5-11(6-10)17-2/h3-6,8-9,12H,7H2,1-2H3/t9-,12+/m0/s1. The van der Waals surface area contributed by atoms with E-state index < -0.39 is 16.8 Å². The van der Waals surface area contributed by atoms with Gasteiger partial charge in [-0.2, -0.15) is 0 Å². The van der Waals surface area contributed by atoms with E-state index in [1.54, 1.807) is 31.2 Å². The van der Waals surface area contributed by atoms with Crippen molar-refractivity contribution in [2.45, 2.75) is 12.8 Å². The number of ether oxygens (including phenoxy) is 1. The molecule has 0 heterocycles. The molecule has 1 aromatic rings. The van der Waals surface area contributed by atoms with Crippen LogP contribution < -0.4 is 4.74 Å². The monoisotopic (exact) mass is 237 g/mol. The molecule has 0 bridgehead atoms. The molecule has 0 unspecified atom stereocenters. The fourth-order valence-electron chi connectivity index (χ4n) is 1.70. The van der Waals surface area contributed by atoms with Crippen LogP contribution in [0.25, 0.3) is 0 Å². The molecule has 2 atom stereocenters. The van der Waals surface area contributed by atoms with Crippen molar-refractivity contribution in [2.24, 2.45) is 5.92 Å². The van der Waals surface area contributed by atoms with Crippen molar-refractivity contribution in [2.75, 3.05) is 13.7 Å². The lowest BCUT2D eigenvalue weighted by molar-refractivity contribution is -0.484. The first-order valence-electron chi connectivity index (χ1n) is 5.29. The fourth-order valence-corrected chi connectivity index (χ4v) is 1.70. The maximum absolute atomic E-state index is 10.8. The summed E-state index contributed by atoms with van der Waals surface area (Å²) >= 11 is 0. The van der Waals surface area contributed by atoms with Gasteiger partial charge in [0.25, 0.3) is 0 Å². The van der Waals surface area contributed by atoms with E-state index in [2.05, 4.69) is 0 Å².